The van der Waals surface area contributed by atoms with E-state index in [1.807, 2.05) is 0 Å². The van der Waals surface area contributed by atoms with Gasteiger partial charge in [-0.15, -0.1) is 0 Å². The van der Waals surface area contributed by atoms with Crippen molar-refractivity contribution in [2.45, 2.75) is 6.42 Å². The standard InChI is InChI=1S/C14H16N4O2/c1-18-5-3-9(4-6-18)11-7-10-12(14(17-11)20-2)15-8-16-13(10)19/h3,7-8H,4-6H2,1-2H3,(H,15,16,19). The van der Waals surface area contributed by atoms with Crippen molar-refractivity contribution in [1.29, 1.82) is 0 Å². The molecule has 0 bridgehead atoms. The molecule has 0 fully saturated rings. The minimum atomic E-state index is -0.175. The molecule has 0 radical (unpaired) electrons. The zero-order valence-electron chi connectivity index (χ0n) is 11.5. The second kappa shape index (κ2) is 5.05. The van der Waals surface area contributed by atoms with Crippen molar-refractivity contribution in [1.82, 2.24) is 19.9 Å². The van der Waals surface area contributed by atoms with E-state index in [4.69, 9.17) is 4.74 Å². The summed E-state index contributed by atoms with van der Waals surface area (Å²) in [7, 11) is 3.62. The van der Waals surface area contributed by atoms with Gasteiger partial charge in [0.15, 0.2) is 0 Å². The van der Waals surface area contributed by atoms with Crippen LogP contribution in [0.1, 0.15) is 12.1 Å². The summed E-state index contributed by atoms with van der Waals surface area (Å²) in [6.45, 7) is 1.87. The van der Waals surface area contributed by atoms with Gasteiger partial charge < -0.3 is 14.6 Å². The average Bonchev–Trinajstić information content (AvgIpc) is 2.47. The van der Waals surface area contributed by atoms with Crippen LogP contribution in [0.2, 0.25) is 0 Å². The van der Waals surface area contributed by atoms with E-state index in [1.165, 1.54) is 13.4 Å². The Morgan fingerprint density at radius 1 is 1.45 bits per heavy atom. The number of hydrogen-bond acceptors (Lipinski definition) is 5. The molecule has 3 rings (SSSR count). The van der Waals surface area contributed by atoms with Crippen LogP contribution >= 0.6 is 0 Å². The minimum Gasteiger partial charge on any atom is -0.479 e. The molecule has 0 atom stereocenters. The Morgan fingerprint density at radius 2 is 2.30 bits per heavy atom. The molecule has 0 aromatic carbocycles. The largest absolute Gasteiger partial charge is 0.479 e. The van der Waals surface area contributed by atoms with Gasteiger partial charge in [0.1, 0.15) is 5.52 Å². The maximum Gasteiger partial charge on any atom is 0.258 e. The SMILES string of the molecule is COc1nc(C2=CCN(C)CC2)cc2c(=O)[nH]cnc12. The molecular weight excluding hydrogens is 256 g/mol. The molecule has 104 valence electrons. The molecule has 0 saturated heterocycles. The fourth-order valence-corrected chi connectivity index (χ4v) is 2.36. The number of aromatic amines is 1. The molecule has 6 nitrogen and oxygen atoms in total. The van der Waals surface area contributed by atoms with Gasteiger partial charge in [0.25, 0.3) is 5.56 Å². The summed E-state index contributed by atoms with van der Waals surface area (Å²) in [5.74, 6) is 0.392. The smallest absolute Gasteiger partial charge is 0.258 e. The molecule has 1 N–H and O–H groups in total. The lowest BCUT2D eigenvalue weighted by molar-refractivity contribution is 0.369. The average molecular weight is 272 g/mol. The molecular formula is C14H16N4O2. The van der Waals surface area contributed by atoms with E-state index in [-0.39, 0.29) is 5.56 Å². The molecule has 20 heavy (non-hydrogen) atoms. The maximum atomic E-state index is 11.9. The van der Waals surface area contributed by atoms with Crippen LogP contribution in [0.25, 0.3) is 16.5 Å². The van der Waals surface area contributed by atoms with Crippen LogP contribution in [-0.4, -0.2) is 47.1 Å². The molecule has 6 heteroatoms. The van der Waals surface area contributed by atoms with E-state index in [0.29, 0.717) is 16.8 Å². The van der Waals surface area contributed by atoms with Crippen molar-refractivity contribution in [3.8, 4) is 5.88 Å². The van der Waals surface area contributed by atoms with Gasteiger partial charge in [-0.05, 0) is 25.1 Å². The number of pyridine rings is 1. The van der Waals surface area contributed by atoms with E-state index in [9.17, 15) is 4.79 Å². The summed E-state index contributed by atoms with van der Waals surface area (Å²) in [4.78, 5) is 25.4. The highest BCUT2D eigenvalue weighted by atomic mass is 16.5. The first kappa shape index (κ1) is 12.8. The van der Waals surface area contributed by atoms with Crippen LogP contribution in [-0.2, 0) is 0 Å². The van der Waals surface area contributed by atoms with Crippen LogP contribution in [0.15, 0.2) is 23.3 Å². The molecule has 0 saturated carbocycles. The zero-order valence-corrected chi connectivity index (χ0v) is 11.5. The van der Waals surface area contributed by atoms with Gasteiger partial charge in [-0.1, -0.05) is 6.08 Å². The van der Waals surface area contributed by atoms with Crippen LogP contribution < -0.4 is 10.3 Å². The number of methoxy groups -OCH3 is 1. The summed E-state index contributed by atoms with van der Waals surface area (Å²) in [6.07, 6.45) is 4.42. The van der Waals surface area contributed by atoms with E-state index in [0.717, 1.165) is 30.8 Å². The molecule has 1 aliphatic heterocycles. The number of rotatable bonds is 2. The molecule has 2 aromatic heterocycles. The topological polar surface area (TPSA) is 71.1 Å². The summed E-state index contributed by atoms with van der Waals surface area (Å²) in [5.41, 5.74) is 2.26. The van der Waals surface area contributed by atoms with Gasteiger partial charge in [0, 0.05) is 13.1 Å². The van der Waals surface area contributed by atoms with Gasteiger partial charge in [-0.25, -0.2) is 9.97 Å². The van der Waals surface area contributed by atoms with E-state index in [1.54, 1.807) is 6.07 Å². The molecule has 3 heterocycles. The monoisotopic (exact) mass is 272 g/mol. The van der Waals surface area contributed by atoms with Gasteiger partial charge in [0.2, 0.25) is 5.88 Å². The zero-order chi connectivity index (χ0) is 14.1. The number of aromatic nitrogens is 3. The predicted molar refractivity (Wildman–Crippen MR) is 76.8 cm³/mol. The van der Waals surface area contributed by atoms with Crippen LogP contribution in [0.4, 0.5) is 0 Å². The maximum absolute atomic E-state index is 11.9. The molecule has 0 aliphatic carbocycles. The number of hydrogen-bond donors (Lipinski definition) is 1. The highest BCUT2D eigenvalue weighted by molar-refractivity contribution is 5.85. The van der Waals surface area contributed by atoms with Crippen LogP contribution in [0, 0.1) is 0 Å². The Hall–Kier alpha value is -2.21. The third-order valence-electron chi connectivity index (χ3n) is 3.53. The molecule has 2 aromatic rings. The third-order valence-corrected chi connectivity index (χ3v) is 3.53. The Kier molecular flexibility index (Phi) is 3.23. The van der Waals surface area contributed by atoms with Crippen molar-refractivity contribution < 1.29 is 4.74 Å². The lowest BCUT2D eigenvalue weighted by Crippen LogP contribution is -2.24. The van der Waals surface area contributed by atoms with E-state index >= 15 is 0 Å². The number of ether oxygens (including phenoxy) is 1. The number of fused-ring (bicyclic) bond motifs is 1. The lowest BCUT2D eigenvalue weighted by atomic mass is 10.0. The number of likely N-dealkylation sites (N-methyl/N-ethyl adjacent to an activating group) is 1. The van der Waals surface area contributed by atoms with Crippen molar-refractivity contribution in [3.05, 3.63) is 34.5 Å². The Morgan fingerprint density at radius 3 is 3.00 bits per heavy atom. The van der Waals surface area contributed by atoms with E-state index in [2.05, 4.69) is 33.0 Å². The fraction of sp³-hybridized carbons (Fsp3) is 0.357. The summed E-state index contributed by atoms with van der Waals surface area (Å²) in [5, 5.41) is 0.508. The molecule has 0 unspecified atom stereocenters. The van der Waals surface area contributed by atoms with Gasteiger partial charge in [-0.3, -0.25) is 4.79 Å². The predicted octanol–water partition coefficient (Wildman–Crippen LogP) is 1.05. The van der Waals surface area contributed by atoms with Crippen molar-refractivity contribution in [3.63, 3.8) is 0 Å². The highest BCUT2D eigenvalue weighted by Gasteiger charge is 2.15. The number of nitrogens with zero attached hydrogens (tertiary/aromatic N) is 3. The first-order valence-corrected chi connectivity index (χ1v) is 6.49. The number of H-pyrrole nitrogens is 1. The second-order valence-electron chi connectivity index (χ2n) is 4.89. The Bertz CT molecular complexity index is 736. The Labute approximate surface area is 116 Å². The summed E-state index contributed by atoms with van der Waals surface area (Å²) < 4.78 is 5.27. The van der Waals surface area contributed by atoms with Gasteiger partial charge in [-0.2, -0.15) is 0 Å². The normalized spacial score (nSPS) is 16.2. The number of nitrogens with one attached hydrogen (secondary N) is 1. The quantitative estimate of drug-likeness (QED) is 0.884. The third kappa shape index (κ3) is 2.18. The van der Waals surface area contributed by atoms with Crippen LogP contribution in [0.5, 0.6) is 5.88 Å². The second-order valence-corrected chi connectivity index (χ2v) is 4.89. The van der Waals surface area contributed by atoms with Crippen LogP contribution in [0.3, 0.4) is 0 Å². The molecule has 1 aliphatic rings. The minimum absolute atomic E-state index is 0.175. The van der Waals surface area contributed by atoms with Gasteiger partial charge in [0.05, 0.1) is 24.5 Å². The van der Waals surface area contributed by atoms with Gasteiger partial charge >= 0.3 is 0 Å². The first-order chi connectivity index (χ1) is 9.69. The first-order valence-electron chi connectivity index (χ1n) is 6.49. The fourth-order valence-electron chi connectivity index (χ4n) is 2.36. The molecule has 0 amide bonds. The van der Waals surface area contributed by atoms with E-state index < -0.39 is 0 Å². The highest BCUT2D eigenvalue weighted by Crippen LogP contribution is 2.26. The van der Waals surface area contributed by atoms with Crippen molar-refractivity contribution in [2.24, 2.45) is 0 Å². The van der Waals surface area contributed by atoms with Crippen molar-refractivity contribution >= 4 is 16.5 Å². The summed E-state index contributed by atoms with van der Waals surface area (Å²) >= 11 is 0. The van der Waals surface area contributed by atoms with Crippen molar-refractivity contribution in [2.75, 3.05) is 27.2 Å². The lowest BCUT2D eigenvalue weighted by Gasteiger charge is -2.21. The summed E-state index contributed by atoms with van der Waals surface area (Å²) in [6, 6.07) is 1.79. The molecule has 0 spiro atoms. The Balaban J connectivity index is 2.18.